The number of rotatable bonds is 20. The fourth-order valence-corrected chi connectivity index (χ4v) is 7.61. The van der Waals surface area contributed by atoms with E-state index in [9.17, 15) is 26.0 Å². The summed E-state index contributed by atoms with van der Waals surface area (Å²) >= 11 is 0. The Labute approximate surface area is 201 Å². The van der Waals surface area contributed by atoms with Gasteiger partial charge in [-0.3, -0.25) is 8.37 Å². The summed E-state index contributed by atoms with van der Waals surface area (Å²) in [6, 6.07) is 0. The van der Waals surface area contributed by atoms with Crippen LogP contribution in [0.4, 0.5) is 0 Å². The predicted octanol–water partition coefficient (Wildman–Crippen LogP) is 4.74. The monoisotopic (exact) mass is 554 g/mol. The summed E-state index contributed by atoms with van der Waals surface area (Å²) in [5.74, 6) is -1.30. The van der Waals surface area contributed by atoms with E-state index < -0.39 is 58.4 Å². The summed E-state index contributed by atoms with van der Waals surface area (Å²) in [5.41, 5.74) is 0. The molecule has 0 rings (SSSR count). The van der Waals surface area contributed by atoms with Gasteiger partial charge in [-0.25, -0.2) is 0 Å². The van der Waals surface area contributed by atoms with Gasteiger partial charge in [0.2, 0.25) is 0 Å². The van der Waals surface area contributed by atoms with E-state index in [1.54, 1.807) is 41.5 Å². The summed E-state index contributed by atoms with van der Waals surface area (Å²) in [4.78, 5) is 0. The van der Waals surface area contributed by atoms with Crippen molar-refractivity contribution in [2.45, 2.75) is 84.3 Å². The van der Waals surface area contributed by atoms with Crippen molar-refractivity contribution in [2.75, 3.05) is 37.4 Å². The molecule has 196 valence electrons. The van der Waals surface area contributed by atoms with Crippen LogP contribution in [0.25, 0.3) is 0 Å². The van der Waals surface area contributed by atoms with Gasteiger partial charge in [0, 0.05) is 26.7 Å². The zero-order chi connectivity index (χ0) is 25.8. The van der Waals surface area contributed by atoms with Gasteiger partial charge in [-0.15, -0.1) is 0 Å². The molecule has 14 heteroatoms. The third-order valence-electron chi connectivity index (χ3n) is 5.21. The molecule has 0 bridgehead atoms. The van der Waals surface area contributed by atoms with Crippen LogP contribution in [0.3, 0.4) is 0 Å². The fraction of sp³-hybridized carbons (Fsp3) is 1.00. The minimum atomic E-state index is -3.82. The lowest BCUT2D eigenvalue weighted by molar-refractivity contribution is 0.0548. The summed E-state index contributed by atoms with van der Waals surface area (Å²) in [7, 11) is -11.3. The molecule has 4 atom stereocenters. The summed E-state index contributed by atoms with van der Waals surface area (Å²) in [5, 5.41) is -2.16. The molecule has 0 fully saturated rings. The molecule has 0 aliphatic heterocycles. The van der Waals surface area contributed by atoms with Crippen LogP contribution in [0.1, 0.15) is 73.6 Å². The van der Waals surface area contributed by atoms with E-state index in [0.29, 0.717) is 44.4 Å². The maximum absolute atomic E-state index is 12.7. The minimum Gasteiger partial charge on any atom is -0.314 e. The number of unbranched alkanes of at least 4 members (excludes halogenated alkanes) is 2. The van der Waals surface area contributed by atoms with E-state index in [1.807, 2.05) is 0 Å². The molecule has 0 aliphatic rings. The van der Waals surface area contributed by atoms with Crippen LogP contribution in [-0.4, -0.2) is 64.9 Å². The second-order valence-electron chi connectivity index (χ2n) is 7.77. The van der Waals surface area contributed by atoms with E-state index in [1.165, 1.54) is 0 Å². The summed E-state index contributed by atoms with van der Waals surface area (Å²) < 4.78 is 92.5. The Morgan fingerprint density at radius 3 is 1.24 bits per heavy atom. The Balaban J connectivity index is 4.59. The van der Waals surface area contributed by atoms with Crippen molar-refractivity contribution in [1.29, 1.82) is 0 Å². The Kier molecular flexibility index (Phi) is 15.1. The highest BCUT2D eigenvalue weighted by Gasteiger charge is 2.45. The summed E-state index contributed by atoms with van der Waals surface area (Å²) in [6.45, 7) is 9.95. The van der Waals surface area contributed by atoms with Crippen LogP contribution in [-0.2, 0) is 47.2 Å². The van der Waals surface area contributed by atoms with Gasteiger partial charge in [0.25, 0.3) is 30.9 Å². The van der Waals surface area contributed by atoms with E-state index in [4.69, 9.17) is 9.47 Å². The van der Waals surface area contributed by atoms with Gasteiger partial charge in [0.05, 0.1) is 13.2 Å². The molecule has 0 aliphatic carbocycles. The molecule has 0 amide bonds. The van der Waals surface area contributed by atoms with E-state index in [-0.39, 0.29) is 13.2 Å². The van der Waals surface area contributed by atoms with Crippen molar-refractivity contribution in [3.63, 3.8) is 0 Å². The van der Waals surface area contributed by atoms with Crippen LogP contribution >= 0.6 is 15.6 Å². The van der Waals surface area contributed by atoms with Crippen LogP contribution in [0.5, 0.6) is 0 Å². The average molecular weight is 555 g/mol. The first-order valence-electron chi connectivity index (χ1n) is 11.1. The molecule has 0 radical (unpaired) electrons. The zero-order valence-corrected chi connectivity index (χ0v) is 24.0. The first-order chi connectivity index (χ1) is 15.2. The van der Waals surface area contributed by atoms with Gasteiger partial charge < -0.3 is 9.47 Å². The van der Waals surface area contributed by atoms with Crippen molar-refractivity contribution in [1.82, 2.24) is 0 Å². The zero-order valence-electron chi connectivity index (χ0n) is 20.6. The molecule has 0 saturated carbocycles. The normalized spacial score (nSPS) is 17.3. The van der Waals surface area contributed by atoms with Crippen molar-refractivity contribution in [2.24, 2.45) is 0 Å². The first-order valence-corrected chi connectivity index (χ1v) is 17.2. The molecule has 0 heterocycles. The van der Waals surface area contributed by atoms with Gasteiger partial charge in [0.15, 0.2) is 11.9 Å². The molecule has 0 aromatic heterocycles. The van der Waals surface area contributed by atoms with Gasteiger partial charge in [-0.1, -0.05) is 23.0 Å². The first kappa shape index (κ1) is 32.9. The van der Waals surface area contributed by atoms with Crippen molar-refractivity contribution in [3.05, 3.63) is 0 Å². The quantitative estimate of drug-likeness (QED) is 0.118. The molecular formula is C19H40O10P2S2+2. The lowest BCUT2D eigenvalue weighted by atomic mass is 10.3. The van der Waals surface area contributed by atoms with E-state index >= 15 is 0 Å². The minimum absolute atomic E-state index is 0.00731. The van der Waals surface area contributed by atoms with Gasteiger partial charge in [0.1, 0.15) is 12.3 Å². The van der Waals surface area contributed by atoms with Crippen LogP contribution < -0.4 is 0 Å². The van der Waals surface area contributed by atoms with Gasteiger partial charge in [-0.05, 0) is 33.1 Å². The highest BCUT2D eigenvalue weighted by Crippen LogP contribution is 2.45. The maximum atomic E-state index is 12.7. The standard InChI is InChI=1S/C19H40O10P2S2/c1-7-18(5,26-16-32(22,23)28-9-3)30(20)14-12-11-13-15-31(21)19(6,8-2)27-17-33(24,25)29-10-4/h7-17H2,1-6H3/q+2. The average Bonchev–Trinajstić information content (AvgIpc) is 2.75. The van der Waals surface area contributed by atoms with Crippen LogP contribution in [0.15, 0.2) is 0 Å². The highest BCUT2D eigenvalue weighted by atomic mass is 32.2. The van der Waals surface area contributed by atoms with E-state index in [2.05, 4.69) is 8.37 Å². The molecule has 10 nitrogen and oxygen atoms in total. The molecule has 4 unspecified atom stereocenters. The lowest BCUT2D eigenvalue weighted by Gasteiger charge is -2.18. The summed E-state index contributed by atoms with van der Waals surface area (Å²) in [6.07, 6.45) is 3.31. The molecular weight excluding hydrogens is 514 g/mol. The Morgan fingerprint density at radius 1 is 0.636 bits per heavy atom. The lowest BCUT2D eigenvalue weighted by Crippen LogP contribution is -2.28. The Morgan fingerprint density at radius 2 is 0.970 bits per heavy atom. The molecule has 33 heavy (non-hydrogen) atoms. The van der Waals surface area contributed by atoms with Crippen molar-refractivity contribution in [3.8, 4) is 0 Å². The fourth-order valence-electron chi connectivity index (χ4n) is 2.69. The van der Waals surface area contributed by atoms with Crippen molar-refractivity contribution >= 4 is 35.8 Å². The second kappa shape index (κ2) is 15.1. The second-order valence-corrected chi connectivity index (χ2v) is 15.2. The third-order valence-corrected chi connectivity index (χ3v) is 11.7. The van der Waals surface area contributed by atoms with Crippen LogP contribution in [0.2, 0.25) is 0 Å². The predicted molar refractivity (Wildman–Crippen MR) is 129 cm³/mol. The molecule has 0 saturated heterocycles. The molecule has 0 N–H and O–H groups in total. The molecule has 0 aromatic rings. The smallest absolute Gasteiger partial charge is 0.314 e. The Hall–Kier alpha value is -0.0600. The third kappa shape index (κ3) is 12.5. The van der Waals surface area contributed by atoms with E-state index in [0.717, 1.165) is 0 Å². The topological polar surface area (TPSA) is 139 Å². The molecule has 0 aromatic carbocycles. The number of ether oxygens (including phenoxy) is 2. The van der Waals surface area contributed by atoms with Crippen LogP contribution in [0, 0.1) is 0 Å². The van der Waals surface area contributed by atoms with Gasteiger partial charge in [-0.2, -0.15) is 16.8 Å². The Bertz CT molecular complexity index is 764. The SMILES string of the molecule is CCOS(=O)(=O)COC(C)(CC)[P+](=O)CCCCC[P+](=O)C(C)(CC)OCS(=O)(=O)OCC. The van der Waals surface area contributed by atoms with Gasteiger partial charge >= 0.3 is 15.6 Å². The van der Waals surface area contributed by atoms with Crippen molar-refractivity contribution < 1.29 is 43.8 Å². The maximum Gasteiger partial charge on any atom is 0.373 e. The number of hydrogen-bond acceptors (Lipinski definition) is 10. The molecule has 0 spiro atoms. The largest absolute Gasteiger partial charge is 0.373 e. The number of hydrogen-bond donors (Lipinski definition) is 0. The highest BCUT2D eigenvalue weighted by molar-refractivity contribution is 7.86.